The molecule has 1 aliphatic heterocycles. The standard InChI is InChI=1S/C20H33N3O5/c1-4-8-21-17(24)10-22-18(25)12-28-20(27)15-9-19(26)23(11-15)16-7-5-6-13(2)14(16)3/h13-16H,4-12H2,1-3H3,(H,21,24)(H,22,25)/t13-,14-,15-,16-/m0/s1. The zero-order valence-electron chi connectivity index (χ0n) is 17.2. The Kier molecular flexibility index (Phi) is 8.26. The highest BCUT2D eigenvalue weighted by molar-refractivity contribution is 5.89. The van der Waals surface area contributed by atoms with Gasteiger partial charge in [0.05, 0.1) is 12.5 Å². The van der Waals surface area contributed by atoms with Gasteiger partial charge in [-0.2, -0.15) is 0 Å². The van der Waals surface area contributed by atoms with E-state index in [0.717, 1.165) is 19.3 Å². The SMILES string of the molecule is CCCNC(=O)CNC(=O)COC(=O)[C@H]1CC(=O)N([C@H]2CCC[C@H](C)[C@@H]2C)C1. The van der Waals surface area contributed by atoms with Crippen molar-refractivity contribution < 1.29 is 23.9 Å². The fraction of sp³-hybridized carbons (Fsp3) is 0.800. The van der Waals surface area contributed by atoms with Crippen LogP contribution in [-0.4, -0.2) is 60.9 Å². The maximum atomic E-state index is 12.4. The van der Waals surface area contributed by atoms with E-state index in [2.05, 4.69) is 24.5 Å². The van der Waals surface area contributed by atoms with Crippen molar-refractivity contribution in [2.24, 2.45) is 17.8 Å². The van der Waals surface area contributed by atoms with Crippen LogP contribution in [0.3, 0.4) is 0 Å². The Morgan fingerprint density at radius 3 is 2.61 bits per heavy atom. The zero-order valence-corrected chi connectivity index (χ0v) is 17.2. The third-order valence-corrected chi connectivity index (χ3v) is 5.92. The van der Waals surface area contributed by atoms with E-state index in [1.165, 1.54) is 6.42 Å². The molecular formula is C20H33N3O5. The predicted octanol–water partition coefficient (Wildman–Crippen LogP) is 0.845. The number of carbonyl (C=O) groups is 4. The van der Waals surface area contributed by atoms with Crippen LogP contribution < -0.4 is 10.6 Å². The second-order valence-corrected chi connectivity index (χ2v) is 8.02. The third kappa shape index (κ3) is 5.94. The molecule has 0 radical (unpaired) electrons. The highest BCUT2D eigenvalue weighted by atomic mass is 16.5. The minimum absolute atomic E-state index is 0.00931. The van der Waals surface area contributed by atoms with Crippen LogP contribution in [0.2, 0.25) is 0 Å². The lowest BCUT2D eigenvalue weighted by atomic mass is 9.77. The molecule has 0 spiro atoms. The first-order valence-corrected chi connectivity index (χ1v) is 10.3. The van der Waals surface area contributed by atoms with Crippen LogP contribution in [0.4, 0.5) is 0 Å². The molecule has 1 heterocycles. The molecule has 2 rings (SSSR count). The first kappa shape index (κ1) is 22.2. The molecule has 2 fully saturated rings. The quantitative estimate of drug-likeness (QED) is 0.593. The Bertz CT molecular complexity index is 594. The lowest BCUT2D eigenvalue weighted by molar-refractivity contribution is -0.152. The summed E-state index contributed by atoms with van der Waals surface area (Å²) in [5.74, 6) is -0.904. The molecule has 28 heavy (non-hydrogen) atoms. The molecule has 2 aliphatic rings. The van der Waals surface area contributed by atoms with Crippen LogP contribution in [0.25, 0.3) is 0 Å². The summed E-state index contributed by atoms with van der Waals surface area (Å²) in [5, 5.41) is 5.05. The van der Waals surface area contributed by atoms with Crippen molar-refractivity contribution in [3.63, 3.8) is 0 Å². The Labute approximate surface area is 166 Å². The molecular weight excluding hydrogens is 362 g/mol. The number of likely N-dealkylation sites (tertiary alicyclic amines) is 1. The summed E-state index contributed by atoms with van der Waals surface area (Å²) in [4.78, 5) is 49.8. The van der Waals surface area contributed by atoms with E-state index in [1.54, 1.807) is 0 Å². The number of amides is 3. The molecule has 0 aromatic heterocycles. The van der Waals surface area contributed by atoms with Crippen LogP contribution in [0.1, 0.15) is 52.9 Å². The van der Waals surface area contributed by atoms with Crippen LogP contribution in [-0.2, 0) is 23.9 Å². The fourth-order valence-corrected chi connectivity index (χ4v) is 4.02. The van der Waals surface area contributed by atoms with Crippen LogP contribution in [0.15, 0.2) is 0 Å². The van der Waals surface area contributed by atoms with Gasteiger partial charge in [-0.3, -0.25) is 19.2 Å². The van der Waals surface area contributed by atoms with Crippen molar-refractivity contribution in [3.8, 4) is 0 Å². The van der Waals surface area contributed by atoms with Gasteiger partial charge in [-0.05, 0) is 24.7 Å². The molecule has 2 N–H and O–H groups in total. The van der Waals surface area contributed by atoms with Gasteiger partial charge >= 0.3 is 5.97 Å². The number of nitrogens with zero attached hydrogens (tertiary/aromatic N) is 1. The molecule has 1 saturated heterocycles. The molecule has 3 amide bonds. The number of rotatable bonds is 8. The van der Waals surface area contributed by atoms with Gasteiger partial charge in [0.25, 0.3) is 5.91 Å². The summed E-state index contributed by atoms with van der Waals surface area (Å²) in [6.45, 7) is 6.64. The van der Waals surface area contributed by atoms with Crippen LogP contribution in [0, 0.1) is 17.8 Å². The summed E-state index contributed by atoms with van der Waals surface area (Å²) in [5.41, 5.74) is 0. The minimum Gasteiger partial charge on any atom is -0.455 e. The van der Waals surface area contributed by atoms with E-state index < -0.39 is 24.4 Å². The summed E-state index contributed by atoms with van der Waals surface area (Å²) in [6, 6.07) is 0.180. The molecule has 0 aromatic rings. The molecule has 8 heteroatoms. The normalized spacial score (nSPS) is 27.4. The Hall–Kier alpha value is -2.12. The molecule has 1 aliphatic carbocycles. The maximum absolute atomic E-state index is 12.4. The van der Waals surface area contributed by atoms with E-state index in [9.17, 15) is 19.2 Å². The number of carbonyl (C=O) groups excluding carboxylic acids is 4. The number of hydrogen-bond donors (Lipinski definition) is 2. The van der Waals surface area contributed by atoms with Crippen LogP contribution in [0.5, 0.6) is 0 Å². The van der Waals surface area contributed by atoms with Crippen molar-refractivity contribution >= 4 is 23.7 Å². The number of hydrogen-bond acceptors (Lipinski definition) is 5. The van der Waals surface area contributed by atoms with Crippen molar-refractivity contribution in [1.29, 1.82) is 0 Å². The molecule has 0 aromatic carbocycles. The smallest absolute Gasteiger partial charge is 0.311 e. The largest absolute Gasteiger partial charge is 0.455 e. The van der Waals surface area contributed by atoms with E-state index in [1.807, 2.05) is 11.8 Å². The fourth-order valence-electron chi connectivity index (χ4n) is 4.02. The third-order valence-electron chi connectivity index (χ3n) is 5.92. The first-order chi connectivity index (χ1) is 13.3. The van der Waals surface area contributed by atoms with Gasteiger partial charge in [-0.1, -0.05) is 33.6 Å². The van der Waals surface area contributed by atoms with E-state index in [4.69, 9.17) is 4.74 Å². The van der Waals surface area contributed by atoms with Gasteiger partial charge in [-0.25, -0.2) is 0 Å². The molecule has 1 saturated carbocycles. The van der Waals surface area contributed by atoms with Gasteiger partial charge in [-0.15, -0.1) is 0 Å². The van der Waals surface area contributed by atoms with Gasteiger partial charge in [0.2, 0.25) is 11.8 Å². The van der Waals surface area contributed by atoms with Gasteiger partial charge < -0.3 is 20.3 Å². The highest BCUT2D eigenvalue weighted by Gasteiger charge is 2.42. The predicted molar refractivity (Wildman–Crippen MR) is 103 cm³/mol. The van der Waals surface area contributed by atoms with Gasteiger partial charge in [0.15, 0.2) is 6.61 Å². The lowest BCUT2D eigenvalue weighted by Crippen LogP contribution is -2.45. The number of esters is 1. The zero-order chi connectivity index (χ0) is 20.7. The van der Waals surface area contributed by atoms with Crippen molar-refractivity contribution in [2.75, 3.05) is 26.2 Å². The Morgan fingerprint density at radius 2 is 1.89 bits per heavy atom. The Morgan fingerprint density at radius 1 is 1.14 bits per heavy atom. The van der Waals surface area contributed by atoms with Crippen molar-refractivity contribution in [2.45, 2.75) is 58.9 Å². The topological polar surface area (TPSA) is 105 Å². The monoisotopic (exact) mass is 395 g/mol. The average Bonchev–Trinajstić information content (AvgIpc) is 3.06. The Balaban J connectivity index is 1.75. The molecule has 4 atom stereocenters. The first-order valence-electron chi connectivity index (χ1n) is 10.3. The lowest BCUT2D eigenvalue weighted by Gasteiger charge is -2.39. The van der Waals surface area contributed by atoms with E-state index >= 15 is 0 Å². The van der Waals surface area contributed by atoms with Crippen molar-refractivity contribution in [1.82, 2.24) is 15.5 Å². The molecule has 8 nitrogen and oxygen atoms in total. The second-order valence-electron chi connectivity index (χ2n) is 8.02. The van der Waals surface area contributed by atoms with Gasteiger partial charge in [0, 0.05) is 25.6 Å². The average molecular weight is 396 g/mol. The molecule has 0 unspecified atom stereocenters. The summed E-state index contributed by atoms with van der Waals surface area (Å²) in [7, 11) is 0. The highest BCUT2D eigenvalue weighted by Crippen LogP contribution is 2.35. The number of ether oxygens (including phenoxy) is 1. The van der Waals surface area contributed by atoms with Crippen LogP contribution >= 0.6 is 0 Å². The summed E-state index contributed by atoms with van der Waals surface area (Å²) < 4.78 is 5.07. The van der Waals surface area contributed by atoms with E-state index in [-0.39, 0.29) is 30.8 Å². The summed E-state index contributed by atoms with van der Waals surface area (Å²) >= 11 is 0. The molecule has 158 valence electrons. The summed E-state index contributed by atoms with van der Waals surface area (Å²) in [6.07, 6.45) is 4.20. The van der Waals surface area contributed by atoms with Gasteiger partial charge in [0.1, 0.15) is 0 Å². The van der Waals surface area contributed by atoms with Crippen molar-refractivity contribution in [3.05, 3.63) is 0 Å². The molecule has 0 bridgehead atoms. The minimum atomic E-state index is -0.532. The second kappa shape index (κ2) is 10.4. The van der Waals surface area contributed by atoms with E-state index in [0.29, 0.717) is 24.9 Å². The number of nitrogens with one attached hydrogen (secondary N) is 2. The maximum Gasteiger partial charge on any atom is 0.311 e.